The number of nitrogens with zero attached hydrogens (tertiary/aromatic N) is 2. The molecule has 2 aliphatic heterocycles. The van der Waals surface area contributed by atoms with Crippen LogP contribution in [0.5, 0.6) is 0 Å². The molecule has 1 unspecified atom stereocenters. The molecular weight excluding hydrogens is 252 g/mol. The van der Waals surface area contributed by atoms with Gasteiger partial charge >= 0.3 is 0 Å². The predicted octanol–water partition coefficient (Wildman–Crippen LogP) is 2.29. The lowest BCUT2D eigenvalue weighted by atomic mass is 9.98. The van der Waals surface area contributed by atoms with Gasteiger partial charge < -0.3 is 0 Å². The lowest BCUT2D eigenvalue weighted by Crippen LogP contribution is -2.53. The Bertz CT molecular complexity index is 547. The molecule has 0 spiro atoms. The van der Waals surface area contributed by atoms with Gasteiger partial charge in [0.2, 0.25) is 11.7 Å². The maximum absolute atomic E-state index is 12.7. The average molecular weight is 272 g/mol. The number of para-hydroxylation sites is 1. The van der Waals surface area contributed by atoms with Crippen molar-refractivity contribution in [1.82, 2.24) is 4.90 Å². The molecule has 20 heavy (non-hydrogen) atoms. The fourth-order valence-electron chi connectivity index (χ4n) is 3.22. The summed E-state index contributed by atoms with van der Waals surface area (Å²) in [6.45, 7) is 5.55. The van der Waals surface area contributed by atoms with E-state index in [0.29, 0.717) is 11.5 Å². The van der Waals surface area contributed by atoms with Crippen LogP contribution in [0.1, 0.15) is 37.0 Å². The quantitative estimate of drug-likeness (QED) is 0.787. The van der Waals surface area contributed by atoms with Crippen molar-refractivity contribution < 1.29 is 9.59 Å². The van der Waals surface area contributed by atoms with Crippen LogP contribution in [0.15, 0.2) is 24.3 Å². The van der Waals surface area contributed by atoms with Gasteiger partial charge in [0.1, 0.15) is 0 Å². The van der Waals surface area contributed by atoms with Crippen molar-refractivity contribution in [2.75, 3.05) is 18.0 Å². The third kappa shape index (κ3) is 2.04. The molecule has 0 bridgehead atoms. The number of anilines is 1. The lowest BCUT2D eigenvalue weighted by molar-refractivity contribution is -0.117. The van der Waals surface area contributed by atoms with Gasteiger partial charge in [-0.2, -0.15) is 0 Å². The molecule has 1 fully saturated rings. The van der Waals surface area contributed by atoms with E-state index >= 15 is 0 Å². The normalized spacial score (nSPS) is 24.0. The number of ketones is 1. The van der Waals surface area contributed by atoms with Crippen LogP contribution in [0.4, 0.5) is 5.69 Å². The van der Waals surface area contributed by atoms with Gasteiger partial charge in [0.05, 0.1) is 5.69 Å². The summed E-state index contributed by atoms with van der Waals surface area (Å²) < 4.78 is 0. The Morgan fingerprint density at radius 1 is 1.20 bits per heavy atom. The largest absolute Gasteiger partial charge is 0.290 e. The maximum atomic E-state index is 12.7. The van der Waals surface area contributed by atoms with Crippen molar-refractivity contribution in [3.8, 4) is 0 Å². The van der Waals surface area contributed by atoms with E-state index in [1.54, 1.807) is 4.90 Å². The first kappa shape index (κ1) is 13.3. The highest BCUT2D eigenvalue weighted by Gasteiger charge is 2.43. The van der Waals surface area contributed by atoms with Crippen LogP contribution < -0.4 is 4.90 Å². The summed E-state index contributed by atoms with van der Waals surface area (Å²) in [6, 6.07) is 7.42. The molecule has 0 aliphatic carbocycles. The standard InChI is InChI=1S/C16H20N2O2/c1-11-7-9-17(10-8-11)16-15(20)13-5-3-4-6-14(13)18(16)12(2)19/h3-6,11,16H,7-10H2,1-2H3. The minimum Gasteiger partial charge on any atom is -0.290 e. The summed E-state index contributed by atoms with van der Waals surface area (Å²) in [5, 5.41) is 0. The number of hydrogen-bond donors (Lipinski definition) is 0. The van der Waals surface area contributed by atoms with Crippen molar-refractivity contribution in [3.05, 3.63) is 29.8 Å². The van der Waals surface area contributed by atoms with Crippen molar-refractivity contribution in [2.24, 2.45) is 5.92 Å². The monoisotopic (exact) mass is 272 g/mol. The van der Waals surface area contributed by atoms with E-state index in [4.69, 9.17) is 0 Å². The zero-order valence-electron chi connectivity index (χ0n) is 12.0. The fourth-order valence-corrected chi connectivity index (χ4v) is 3.22. The highest BCUT2D eigenvalue weighted by atomic mass is 16.2. The first-order chi connectivity index (χ1) is 9.59. The number of carbonyl (C=O) groups excluding carboxylic acids is 2. The first-order valence-electron chi connectivity index (χ1n) is 7.26. The van der Waals surface area contributed by atoms with Crippen LogP contribution in [0.3, 0.4) is 0 Å². The zero-order chi connectivity index (χ0) is 14.3. The summed E-state index contributed by atoms with van der Waals surface area (Å²) in [4.78, 5) is 28.5. The third-order valence-corrected chi connectivity index (χ3v) is 4.41. The Labute approximate surface area is 119 Å². The van der Waals surface area contributed by atoms with Crippen LogP contribution in [-0.4, -0.2) is 35.8 Å². The van der Waals surface area contributed by atoms with E-state index in [9.17, 15) is 9.59 Å². The molecule has 1 amide bonds. The first-order valence-corrected chi connectivity index (χ1v) is 7.26. The summed E-state index contributed by atoms with van der Waals surface area (Å²) in [6.07, 6.45) is 1.75. The van der Waals surface area contributed by atoms with E-state index in [2.05, 4.69) is 11.8 Å². The molecule has 0 radical (unpaired) electrons. The Morgan fingerprint density at radius 2 is 1.85 bits per heavy atom. The third-order valence-electron chi connectivity index (χ3n) is 4.41. The summed E-state index contributed by atoms with van der Waals surface area (Å²) in [5.74, 6) is 0.702. The van der Waals surface area contributed by atoms with Gasteiger partial charge in [-0.05, 0) is 30.9 Å². The average Bonchev–Trinajstić information content (AvgIpc) is 2.74. The summed E-state index contributed by atoms with van der Waals surface area (Å²) >= 11 is 0. The molecule has 1 saturated heterocycles. The van der Waals surface area contributed by atoms with Gasteiger partial charge in [0.15, 0.2) is 6.17 Å². The van der Waals surface area contributed by atoms with Crippen LogP contribution >= 0.6 is 0 Å². The van der Waals surface area contributed by atoms with Crippen LogP contribution in [-0.2, 0) is 4.79 Å². The highest BCUT2D eigenvalue weighted by molar-refractivity contribution is 6.17. The van der Waals surface area contributed by atoms with E-state index in [1.807, 2.05) is 24.3 Å². The number of fused-ring (bicyclic) bond motifs is 1. The SMILES string of the molecule is CC(=O)N1c2ccccc2C(=O)C1N1CCC(C)CC1. The number of likely N-dealkylation sites (tertiary alicyclic amines) is 1. The molecule has 4 nitrogen and oxygen atoms in total. The molecule has 4 heteroatoms. The van der Waals surface area contributed by atoms with Crippen molar-refractivity contribution >= 4 is 17.4 Å². The minimum atomic E-state index is -0.433. The number of hydrogen-bond acceptors (Lipinski definition) is 3. The molecular formula is C16H20N2O2. The number of benzene rings is 1. The minimum absolute atomic E-state index is 0.0605. The van der Waals surface area contributed by atoms with E-state index < -0.39 is 6.17 Å². The predicted molar refractivity (Wildman–Crippen MR) is 77.7 cm³/mol. The van der Waals surface area contributed by atoms with Gasteiger partial charge in [-0.15, -0.1) is 0 Å². The fraction of sp³-hybridized carbons (Fsp3) is 0.500. The highest BCUT2D eigenvalue weighted by Crippen LogP contribution is 2.35. The van der Waals surface area contributed by atoms with Crippen molar-refractivity contribution in [3.63, 3.8) is 0 Å². The van der Waals surface area contributed by atoms with Crippen molar-refractivity contribution in [2.45, 2.75) is 32.9 Å². The topological polar surface area (TPSA) is 40.6 Å². The maximum Gasteiger partial charge on any atom is 0.225 e. The molecule has 2 heterocycles. The van der Waals surface area contributed by atoms with Crippen LogP contribution in [0, 0.1) is 5.92 Å². The number of carbonyl (C=O) groups is 2. The molecule has 0 aromatic heterocycles. The number of amides is 1. The van der Waals surface area contributed by atoms with Gasteiger partial charge in [-0.3, -0.25) is 19.4 Å². The molecule has 0 N–H and O–H groups in total. The smallest absolute Gasteiger partial charge is 0.225 e. The number of piperidine rings is 1. The van der Waals surface area contributed by atoms with Crippen LogP contribution in [0.2, 0.25) is 0 Å². The molecule has 0 saturated carbocycles. The number of Topliss-reactive ketones (excluding diaryl/α,β-unsaturated/α-hetero) is 1. The molecule has 2 aliphatic rings. The van der Waals surface area contributed by atoms with Crippen molar-refractivity contribution in [1.29, 1.82) is 0 Å². The Morgan fingerprint density at radius 3 is 2.50 bits per heavy atom. The molecule has 1 atom stereocenters. The Balaban J connectivity index is 1.95. The Hall–Kier alpha value is -1.68. The molecule has 3 rings (SSSR count). The second-order valence-electron chi connectivity index (χ2n) is 5.86. The van der Waals surface area contributed by atoms with Gasteiger partial charge in [-0.1, -0.05) is 19.1 Å². The molecule has 106 valence electrons. The van der Waals surface area contributed by atoms with Gasteiger partial charge in [-0.25, -0.2) is 0 Å². The molecule has 1 aromatic carbocycles. The lowest BCUT2D eigenvalue weighted by Gasteiger charge is -2.37. The van der Waals surface area contributed by atoms with Gasteiger partial charge in [0, 0.05) is 25.6 Å². The van der Waals surface area contributed by atoms with Gasteiger partial charge in [0.25, 0.3) is 0 Å². The second-order valence-corrected chi connectivity index (χ2v) is 5.86. The van der Waals surface area contributed by atoms with E-state index in [1.165, 1.54) is 6.92 Å². The summed E-state index contributed by atoms with van der Waals surface area (Å²) in [5.41, 5.74) is 1.43. The summed E-state index contributed by atoms with van der Waals surface area (Å²) in [7, 11) is 0. The van der Waals surface area contributed by atoms with E-state index in [0.717, 1.165) is 31.6 Å². The van der Waals surface area contributed by atoms with E-state index in [-0.39, 0.29) is 11.7 Å². The Kier molecular flexibility index (Phi) is 3.34. The zero-order valence-corrected chi connectivity index (χ0v) is 12.0. The molecule has 1 aromatic rings. The van der Waals surface area contributed by atoms with Crippen LogP contribution in [0.25, 0.3) is 0 Å². The number of rotatable bonds is 1. The second kappa shape index (κ2) is 5.02.